The summed E-state index contributed by atoms with van der Waals surface area (Å²) in [5.41, 5.74) is 0. The highest BCUT2D eigenvalue weighted by atomic mass is 32.2. The van der Waals surface area contributed by atoms with Crippen LogP contribution in [-0.2, 0) is 14.9 Å². The third-order valence-electron chi connectivity index (χ3n) is 8.53. The molecule has 0 radical (unpaired) electrons. The van der Waals surface area contributed by atoms with Crippen LogP contribution in [0.4, 0.5) is 0 Å². The molecule has 0 saturated heterocycles. The molecule has 3 N–H and O–H groups in total. The summed E-state index contributed by atoms with van der Waals surface area (Å²) >= 11 is 0. The molecule has 0 aliphatic heterocycles. The molecule has 0 saturated carbocycles. The standard InChI is InChI=1S/C39H73NO5S/c1-3-5-7-9-11-13-15-16-17-18-19-20-21-22-23-25-27-29-31-33-35-39(42)40-37(36-46(43,44)45)38(41)34-32-30-28-26-24-14-12-10-8-6-4-2/h8,10,24,26,32,34,37-38,41H,3-7,9,11-23,25,27-31,33,35-36H2,1-2H3,(H,40,42)(H,43,44,45)/b10-8+,26-24+,34-32+. The average Bonchev–Trinajstić information content (AvgIpc) is 3.01. The lowest BCUT2D eigenvalue weighted by Gasteiger charge is -2.21. The van der Waals surface area contributed by atoms with E-state index in [2.05, 4.69) is 43.5 Å². The zero-order valence-corrected chi connectivity index (χ0v) is 30.8. The van der Waals surface area contributed by atoms with Crippen LogP contribution in [0.3, 0.4) is 0 Å². The molecular formula is C39H73NO5S. The van der Waals surface area contributed by atoms with Gasteiger partial charge in [0.05, 0.1) is 17.9 Å². The van der Waals surface area contributed by atoms with Gasteiger partial charge in [0, 0.05) is 6.42 Å². The predicted octanol–water partition coefficient (Wildman–Crippen LogP) is 11.0. The predicted molar refractivity (Wildman–Crippen MR) is 198 cm³/mol. The van der Waals surface area contributed by atoms with Gasteiger partial charge >= 0.3 is 0 Å². The molecule has 2 unspecified atom stereocenters. The van der Waals surface area contributed by atoms with E-state index in [4.69, 9.17) is 0 Å². The number of hydrogen-bond acceptors (Lipinski definition) is 4. The first-order chi connectivity index (χ1) is 22.3. The largest absolute Gasteiger partial charge is 0.387 e. The second-order valence-corrected chi connectivity index (χ2v) is 14.7. The molecule has 7 heteroatoms. The first-order valence-corrected chi connectivity index (χ1v) is 20.8. The number of hydrogen-bond donors (Lipinski definition) is 3. The summed E-state index contributed by atoms with van der Waals surface area (Å²) in [6.45, 7) is 4.44. The van der Waals surface area contributed by atoms with Crippen LogP contribution in [0.25, 0.3) is 0 Å². The van der Waals surface area contributed by atoms with Crippen molar-refractivity contribution in [3.63, 3.8) is 0 Å². The third-order valence-corrected chi connectivity index (χ3v) is 9.31. The van der Waals surface area contributed by atoms with Crippen LogP contribution >= 0.6 is 0 Å². The molecule has 0 aromatic rings. The summed E-state index contributed by atoms with van der Waals surface area (Å²) in [4.78, 5) is 12.5. The smallest absolute Gasteiger partial charge is 0.267 e. The Balaban J connectivity index is 3.89. The van der Waals surface area contributed by atoms with Gasteiger partial charge in [0.1, 0.15) is 0 Å². The van der Waals surface area contributed by atoms with E-state index in [0.29, 0.717) is 6.42 Å². The maximum atomic E-state index is 12.5. The van der Waals surface area contributed by atoms with Crippen molar-refractivity contribution < 1.29 is 22.9 Å². The molecule has 0 aliphatic rings. The minimum absolute atomic E-state index is 0.287. The molecule has 270 valence electrons. The van der Waals surface area contributed by atoms with Gasteiger partial charge in [-0.1, -0.05) is 179 Å². The van der Waals surface area contributed by atoms with Gasteiger partial charge in [-0.25, -0.2) is 0 Å². The number of aliphatic hydroxyl groups is 1. The summed E-state index contributed by atoms with van der Waals surface area (Å²) < 4.78 is 32.3. The van der Waals surface area contributed by atoms with Crippen LogP contribution in [-0.4, -0.2) is 41.9 Å². The van der Waals surface area contributed by atoms with Crippen LogP contribution in [0.1, 0.15) is 187 Å². The van der Waals surface area contributed by atoms with Crippen LogP contribution in [0.15, 0.2) is 36.5 Å². The molecule has 6 nitrogen and oxygen atoms in total. The Hall–Kier alpha value is -1.44. The highest BCUT2D eigenvalue weighted by Gasteiger charge is 2.24. The van der Waals surface area contributed by atoms with Crippen molar-refractivity contribution in [1.82, 2.24) is 5.32 Å². The number of aliphatic hydroxyl groups excluding tert-OH is 1. The number of carbonyl (C=O) groups is 1. The van der Waals surface area contributed by atoms with E-state index in [1.54, 1.807) is 6.08 Å². The number of amides is 1. The van der Waals surface area contributed by atoms with E-state index < -0.39 is 28.0 Å². The maximum absolute atomic E-state index is 12.5. The fraction of sp³-hybridized carbons (Fsp3) is 0.821. The quantitative estimate of drug-likeness (QED) is 0.0360. The third kappa shape index (κ3) is 33.9. The lowest BCUT2D eigenvalue weighted by atomic mass is 10.0. The molecule has 0 bridgehead atoms. The zero-order chi connectivity index (χ0) is 34.0. The van der Waals surface area contributed by atoms with Gasteiger partial charge in [-0.2, -0.15) is 8.42 Å². The van der Waals surface area contributed by atoms with E-state index in [-0.39, 0.29) is 12.3 Å². The second kappa shape index (κ2) is 33.5. The number of rotatable bonds is 34. The average molecular weight is 668 g/mol. The number of unbranched alkanes of at least 4 members (excludes halogenated alkanes) is 22. The second-order valence-electron chi connectivity index (χ2n) is 13.2. The molecule has 0 spiro atoms. The fourth-order valence-electron chi connectivity index (χ4n) is 5.67. The normalized spacial score (nSPS) is 13.7. The topological polar surface area (TPSA) is 104 Å². The minimum atomic E-state index is -4.35. The Morgan fingerprint density at radius 1 is 0.565 bits per heavy atom. The van der Waals surface area contributed by atoms with Gasteiger partial charge in [0.25, 0.3) is 10.1 Å². The van der Waals surface area contributed by atoms with Crippen molar-refractivity contribution in [2.75, 3.05) is 5.75 Å². The Morgan fingerprint density at radius 2 is 0.935 bits per heavy atom. The van der Waals surface area contributed by atoms with Gasteiger partial charge in [-0.05, 0) is 38.5 Å². The van der Waals surface area contributed by atoms with Crippen molar-refractivity contribution in [1.29, 1.82) is 0 Å². The molecule has 0 aromatic heterocycles. The lowest BCUT2D eigenvalue weighted by Crippen LogP contribution is -2.46. The van der Waals surface area contributed by atoms with Crippen molar-refractivity contribution in [3.05, 3.63) is 36.5 Å². The Kier molecular flexibility index (Phi) is 32.4. The SMILES string of the molecule is CCC/C=C/CC/C=C/CC/C=C/C(O)C(CS(=O)(=O)O)NC(=O)CCCCCCCCCCCCCCCCCCCCCC. The fourth-order valence-corrected chi connectivity index (χ4v) is 6.40. The summed E-state index contributed by atoms with van der Waals surface area (Å²) in [5, 5.41) is 13.1. The molecule has 0 fully saturated rings. The summed E-state index contributed by atoms with van der Waals surface area (Å²) in [7, 11) is -4.35. The number of nitrogens with one attached hydrogen (secondary N) is 1. The Bertz CT molecular complexity index is 868. The zero-order valence-electron chi connectivity index (χ0n) is 29.9. The van der Waals surface area contributed by atoms with Crippen LogP contribution in [0.2, 0.25) is 0 Å². The van der Waals surface area contributed by atoms with E-state index in [1.165, 1.54) is 122 Å². The van der Waals surface area contributed by atoms with Crippen LogP contribution in [0, 0.1) is 0 Å². The van der Waals surface area contributed by atoms with E-state index in [0.717, 1.165) is 44.9 Å². The summed E-state index contributed by atoms with van der Waals surface area (Å²) in [6, 6.07) is -1.07. The van der Waals surface area contributed by atoms with E-state index >= 15 is 0 Å². The molecule has 0 aliphatic carbocycles. The molecule has 0 aromatic carbocycles. The van der Waals surface area contributed by atoms with Crippen molar-refractivity contribution >= 4 is 16.0 Å². The first kappa shape index (κ1) is 44.6. The number of allylic oxidation sites excluding steroid dienone is 5. The first-order valence-electron chi connectivity index (χ1n) is 19.2. The van der Waals surface area contributed by atoms with Gasteiger partial charge in [0.2, 0.25) is 5.91 Å². The Morgan fingerprint density at radius 3 is 1.33 bits per heavy atom. The van der Waals surface area contributed by atoms with Crippen molar-refractivity contribution in [2.45, 2.75) is 199 Å². The lowest BCUT2D eigenvalue weighted by molar-refractivity contribution is -0.122. The summed E-state index contributed by atoms with van der Waals surface area (Å²) in [5.74, 6) is -1.01. The van der Waals surface area contributed by atoms with Crippen LogP contribution in [0.5, 0.6) is 0 Å². The van der Waals surface area contributed by atoms with E-state index in [9.17, 15) is 22.9 Å². The van der Waals surface area contributed by atoms with Gasteiger partial charge in [0.15, 0.2) is 0 Å². The molecule has 46 heavy (non-hydrogen) atoms. The highest BCUT2D eigenvalue weighted by molar-refractivity contribution is 7.85. The maximum Gasteiger partial charge on any atom is 0.267 e. The molecular weight excluding hydrogens is 594 g/mol. The molecule has 0 rings (SSSR count). The highest BCUT2D eigenvalue weighted by Crippen LogP contribution is 2.15. The summed E-state index contributed by atoms with van der Waals surface area (Å²) in [6.07, 6.45) is 42.8. The van der Waals surface area contributed by atoms with Gasteiger partial charge in [-0.3, -0.25) is 9.35 Å². The van der Waals surface area contributed by atoms with Crippen molar-refractivity contribution in [3.8, 4) is 0 Å². The van der Waals surface area contributed by atoms with Crippen LogP contribution < -0.4 is 5.32 Å². The Labute approximate surface area is 285 Å². The molecule has 1 amide bonds. The molecule has 0 heterocycles. The molecule has 2 atom stereocenters. The monoisotopic (exact) mass is 668 g/mol. The van der Waals surface area contributed by atoms with E-state index in [1.807, 2.05) is 0 Å². The van der Waals surface area contributed by atoms with Gasteiger partial charge < -0.3 is 10.4 Å². The van der Waals surface area contributed by atoms with Crippen molar-refractivity contribution in [2.24, 2.45) is 0 Å². The minimum Gasteiger partial charge on any atom is -0.387 e. The van der Waals surface area contributed by atoms with Gasteiger partial charge in [-0.15, -0.1) is 0 Å². The number of carbonyl (C=O) groups excluding carboxylic acids is 1.